The van der Waals surface area contributed by atoms with Crippen molar-refractivity contribution in [2.24, 2.45) is 0 Å². The van der Waals surface area contributed by atoms with Crippen LogP contribution in [0, 0.1) is 0 Å². The van der Waals surface area contributed by atoms with E-state index in [1.165, 1.54) is 31.4 Å². The Morgan fingerprint density at radius 3 is 2.27 bits per heavy atom. The van der Waals surface area contributed by atoms with Gasteiger partial charge in [-0.25, -0.2) is 0 Å². The van der Waals surface area contributed by atoms with Crippen molar-refractivity contribution in [1.82, 2.24) is 0 Å². The van der Waals surface area contributed by atoms with Gasteiger partial charge in [-0.1, -0.05) is 12.8 Å². The minimum Gasteiger partial charge on any atom is -0.353 e. The van der Waals surface area contributed by atoms with Crippen molar-refractivity contribution in [3.8, 4) is 0 Å². The van der Waals surface area contributed by atoms with E-state index >= 15 is 0 Å². The highest BCUT2D eigenvalue weighted by molar-refractivity contribution is 7.99. The molecule has 1 rings (SSSR count). The molecule has 0 bridgehead atoms. The fourth-order valence-electron chi connectivity index (χ4n) is 1.97. The standard InChI is InChI=1S/C12H24O2S/c1-3-13-12(14-4-2)9-10-15-11-7-5-6-8-11/h11-12H,3-10H2,1-2H3. The first-order valence-corrected chi connectivity index (χ1v) is 7.26. The molecule has 15 heavy (non-hydrogen) atoms. The molecule has 0 aromatic heterocycles. The van der Waals surface area contributed by atoms with Crippen molar-refractivity contribution < 1.29 is 9.47 Å². The minimum absolute atomic E-state index is 0.0221. The first-order valence-electron chi connectivity index (χ1n) is 6.21. The maximum atomic E-state index is 5.51. The number of rotatable bonds is 8. The van der Waals surface area contributed by atoms with Gasteiger partial charge >= 0.3 is 0 Å². The average Bonchev–Trinajstić information content (AvgIpc) is 2.71. The molecule has 1 saturated carbocycles. The molecule has 0 aliphatic heterocycles. The maximum absolute atomic E-state index is 5.51. The predicted molar refractivity (Wildman–Crippen MR) is 66.4 cm³/mol. The van der Waals surface area contributed by atoms with Crippen LogP contribution in [-0.4, -0.2) is 30.5 Å². The molecule has 3 heteroatoms. The van der Waals surface area contributed by atoms with Crippen LogP contribution in [0.15, 0.2) is 0 Å². The van der Waals surface area contributed by atoms with Gasteiger partial charge < -0.3 is 9.47 Å². The molecule has 1 fully saturated rings. The number of thioether (sulfide) groups is 1. The average molecular weight is 232 g/mol. The van der Waals surface area contributed by atoms with Crippen LogP contribution in [0.2, 0.25) is 0 Å². The van der Waals surface area contributed by atoms with E-state index in [4.69, 9.17) is 9.47 Å². The molecule has 2 nitrogen and oxygen atoms in total. The molecule has 0 aromatic rings. The Morgan fingerprint density at radius 2 is 1.73 bits per heavy atom. The highest BCUT2D eigenvalue weighted by Gasteiger charge is 2.16. The Kier molecular flexibility index (Phi) is 7.49. The first-order chi connectivity index (χ1) is 7.36. The van der Waals surface area contributed by atoms with E-state index in [0.717, 1.165) is 24.9 Å². The molecule has 0 radical (unpaired) electrons. The van der Waals surface area contributed by atoms with E-state index in [1.807, 2.05) is 13.8 Å². The van der Waals surface area contributed by atoms with Gasteiger partial charge in [0.1, 0.15) is 0 Å². The number of hydrogen-bond donors (Lipinski definition) is 0. The lowest BCUT2D eigenvalue weighted by Crippen LogP contribution is -2.18. The Bertz CT molecular complexity index is 141. The summed E-state index contributed by atoms with van der Waals surface area (Å²) in [4.78, 5) is 0. The number of hydrogen-bond acceptors (Lipinski definition) is 3. The summed E-state index contributed by atoms with van der Waals surface area (Å²) in [5.74, 6) is 1.18. The van der Waals surface area contributed by atoms with E-state index in [9.17, 15) is 0 Å². The zero-order chi connectivity index (χ0) is 10.9. The normalized spacial score (nSPS) is 17.8. The summed E-state index contributed by atoms with van der Waals surface area (Å²) >= 11 is 2.10. The molecular weight excluding hydrogens is 208 g/mol. The van der Waals surface area contributed by atoms with Crippen molar-refractivity contribution in [2.75, 3.05) is 19.0 Å². The Labute approximate surface area is 98.1 Å². The highest BCUT2D eigenvalue weighted by atomic mass is 32.2. The van der Waals surface area contributed by atoms with Crippen LogP contribution in [-0.2, 0) is 9.47 Å². The summed E-state index contributed by atoms with van der Waals surface area (Å²) in [7, 11) is 0. The molecule has 90 valence electrons. The van der Waals surface area contributed by atoms with E-state index in [1.54, 1.807) is 0 Å². The lowest BCUT2D eigenvalue weighted by molar-refractivity contribution is -0.136. The van der Waals surface area contributed by atoms with Crippen LogP contribution >= 0.6 is 11.8 Å². The first kappa shape index (κ1) is 13.3. The van der Waals surface area contributed by atoms with Gasteiger partial charge in [-0.15, -0.1) is 0 Å². The van der Waals surface area contributed by atoms with Crippen LogP contribution in [0.5, 0.6) is 0 Å². The van der Waals surface area contributed by atoms with Crippen molar-refractivity contribution in [2.45, 2.75) is 57.5 Å². The zero-order valence-corrected chi connectivity index (χ0v) is 10.9. The van der Waals surface area contributed by atoms with Gasteiger partial charge in [-0.05, 0) is 32.4 Å². The summed E-state index contributed by atoms with van der Waals surface area (Å²) < 4.78 is 11.0. The third-order valence-corrected chi connectivity index (χ3v) is 4.13. The van der Waals surface area contributed by atoms with Crippen molar-refractivity contribution in [3.05, 3.63) is 0 Å². The molecule has 0 heterocycles. The molecule has 0 N–H and O–H groups in total. The van der Waals surface area contributed by atoms with Crippen LogP contribution in [0.25, 0.3) is 0 Å². The lowest BCUT2D eigenvalue weighted by Gasteiger charge is -2.17. The van der Waals surface area contributed by atoms with Gasteiger partial charge in [-0.3, -0.25) is 0 Å². The van der Waals surface area contributed by atoms with Gasteiger partial charge in [0.05, 0.1) is 0 Å². The molecule has 0 atom stereocenters. The molecule has 0 unspecified atom stereocenters. The van der Waals surface area contributed by atoms with Gasteiger partial charge in [0.2, 0.25) is 0 Å². The van der Waals surface area contributed by atoms with Crippen LogP contribution < -0.4 is 0 Å². The van der Waals surface area contributed by atoms with Crippen molar-refractivity contribution >= 4 is 11.8 Å². The molecule has 1 aliphatic carbocycles. The second-order valence-corrected chi connectivity index (χ2v) is 5.31. The smallest absolute Gasteiger partial charge is 0.158 e. The monoisotopic (exact) mass is 232 g/mol. The van der Waals surface area contributed by atoms with Crippen LogP contribution in [0.3, 0.4) is 0 Å². The molecule has 0 spiro atoms. The Hall–Kier alpha value is 0.270. The molecule has 0 aromatic carbocycles. The summed E-state index contributed by atoms with van der Waals surface area (Å²) in [6.45, 7) is 5.55. The highest BCUT2D eigenvalue weighted by Crippen LogP contribution is 2.30. The second-order valence-electron chi connectivity index (χ2n) is 3.91. The lowest BCUT2D eigenvalue weighted by atomic mass is 10.4. The maximum Gasteiger partial charge on any atom is 0.158 e. The minimum atomic E-state index is 0.0221. The van der Waals surface area contributed by atoms with E-state index in [0.29, 0.717) is 0 Å². The number of ether oxygens (including phenoxy) is 2. The third kappa shape index (κ3) is 5.79. The van der Waals surface area contributed by atoms with E-state index in [-0.39, 0.29) is 6.29 Å². The van der Waals surface area contributed by atoms with Gasteiger partial charge in [0.25, 0.3) is 0 Å². The molecule has 0 saturated heterocycles. The Morgan fingerprint density at radius 1 is 1.13 bits per heavy atom. The topological polar surface area (TPSA) is 18.5 Å². The van der Waals surface area contributed by atoms with E-state index in [2.05, 4.69) is 11.8 Å². The Balaban J connectivity index is 2.04. The van der Waals surface area contributed by atoms with E-state index < -0.39 is 0 Å². The van der Waals surface area contributed by atoms with Crippen LogP contribution in [0.1, 0.15) is 46.0 Å². The zero-order valence-electron chi connectivity index (χ0n) is 10.0. The van der Waals surface area contributed by atoms with Crippen molar-refractivity contribution in [3.63, 3.8) is 0 Å². The summed E-state index contributed by atoms with van der Waals surface area (Å²) in [5, 5.41) is 0.911. The predicted octanol–water partition coefficient (Wildman–Crippen LogP) is 3.45. The van der Waals surface area contributed by atoms with Gasteiger partial charge in [-0.2, -0.15) is 11.8 Å². The summed E-state index contributed by atoms with van der Waals surface area (Å²) in [6.07, 6.45) is 6.74. The van der Waals surface area contributed by atoms with Gasteiger partial charge in [0, 0.05) is 24.9 Å². The molecular formula is C12H24O2S. The second kappa shape index (κ2) is 8.43. The SMILES string of the molecule is CCOC(CCSC1CCCC1)OCC. The molecule has 1 aliphatic rings. The largest absolute Gasteiger partial charge is 0.353 e. The quantitative estimate of drug-likeness (QED) is 0.597. The van der Waals surface area contributed by atoms with Gasteiger partial charge in [0.15, 0.2) is 6.29 Å². The van der Waals surface area contributed by atoms with Crippen molar-refractivity contribution in [1.29, 1.82) is 0 Å². The van der Waals surface area contributed by atoms with Crippen LogP contribution in [0.4, 0.5) is 0 Å². The summed E-state index contributed by atoms with van der Waals surface area (Å²) in [6, 6.07) is 0. The fraction of sp³-hybridized carbons (Fsp3) is 1.00. The fourth-order valence-corrected chi connectivity index (χ4v) is 3.30. The third-order valence-electron chi connectivity index (χ3n) is 2.71. The summed E-state index contributed by atoms with van der Waals surface area (Å²) in [5.41, 5.74) is 0. The molecule has 0 amide bonds.